The van der Waals surface area contributed by atoms with Crippen LogP contribution in [0.15, 0.2) is 30.3 Å². The first kappa shape index (κ1) is 18.0. The van der Waals surface area contributed by atoms with Crippen molar-refractivity contribution in [1.82, 2.24) is 15.2 Å². The van der Waals surface area contributed by atoms with E-state index in [1.54, 1.807) is 44.4 Å². The second kappa shape index (κ2) is 7.51. The number of rotatable bonds is 6. The topological polar surface area (TPSA) is 85.4 Å². The lowest BCUT2D eigenvalue weighted by Crippen LogP contribution is -2.28. The van der Waals surface area contributed by atoms with Crippen LogP contribution in [-0.2, 0) is 11.3 Å². The Labute approximate surface area is 145 Å². The molecule has 6 nitrogen and oxygen atoms in total. The van der Waals surface area contributed by atoms with Crippen molar-refractivity contribution in [3.05, 3.63) is 57.9 Å². The number of carbonyl (C=O) groups is 2. The number of aryl methyl sites for hydroxylation is 1. The normalized spacial score (nSPS) is 12.0. The average Bonchev–Trinajstić information content (AvgIpc) is 2.98. The molecule has 2 aromatic rings. The molecule has 0 fully saturated rings. The molecule has 0 spiro atoms. The first-order valence-corrected chi connectivity index (χ1v) is 7.79. The largest absolute Gasteiger partial charge is 0.480 e. The predicted octanol–water partition coefficient (Wildman–Crippen LogP) is 2.59. The number of carboxylic acid groups (broad SMARTS) is 1. The quantitative estimate of drug-likeness (QED) is 0.748. The number of hydrogen-bond donors (Lipinski definition) is 3. The molecule has 3 N–H and O–H groups in total. The molecule has 0 saturated carbocycles. The van der Waals surface area contributed by atoms with Crippen LogP contribution in [0, 0.1) is 6.92 Å². The van der Waals surface area contributed by atoms with Crippen LogP contribution in [0.25, 0.3) is 0 Å². The Balaban J connectivity index is 2.11. The molecule has 7 heteroatoms. The first-order valence-electron chi connectivity index (χ1n) is 7.41. The number of nitrogens with zero attached hydrogens (tertiary/aromatic N) is 1. The van der Waals surface area contributed by atoms with Gasteiger partial charge in [-0.25, -0.2) is 0 Å². The fraction of sp³-hybridized carbons (Fsp3) is 0.294. The smallest absolute Gasteiger partial charge is 0.325 e. The monoisotopic (exact) mass is 349 g/mol. The van der Waals surface area contributed by atoms with Crippen LogP contribution < -0.4 is 5.32 Å². The maximum Gasteiger partial charge on any atom is 0.325 e. The highest BCUT2D eigenvalue weighted by molar-refractivity contribution is 6.31. The summed E-state index contributed by atoms with van der Waals surface area (Å²) >= 11 is 5.99. The van der Waals surface area contributed by atoms with Crippen molar-refractivity contribution < 1.29 is 14.7 Å². The van der Waals surface area contributed by atoms with Crippen LogP contribution >= 0.6 is 11.6 Å². The number of aromatic nitrogens is 1. The molecule has 1 atom stereocenters. The van der Waals surface area contributed by atoms with Gasteiger partial charge in [0.2, 0.25) is 0 Å². The number of H-pyrrole nitrogens is 1. The second-order valence-corrected chi connectivity index (χ2v) is 6.16. The summed E-state index contributed by atoms with van der Waals surface area (Å²) in [5.41, 5.74) is 2.64. The highest BCUT2D eigenvalue weighted by Crippen LogP contribution is 2.21. The van der Waals surface area contributed by atoms with Gasteiger partial charge in [-0.3, -0.25) is 14.9 Å². The Bertz CT molecular complexity index is 755. The van der Waals surface area contributed by atoms with Crippen LogP contribution in [0.3, 0.4) is 0 Å². The van der Waals surface area contributed by atoms with Gasteiger partial charge >= 0.3 is 5.97 Å². The van der Waals surface area contributed by atoms with E-state index in [1.165, 1.54) is 4.90 Å². The average molecular weight is 350 g/mol. The number of halogens is 1. The van der Waals surface area contributed by atoms with Crippen LogP contribution in [0.2, 0.25) is 5.02 Å². The van der Waals surface area contributed by atoms with Crippen molar-refractivity contribution in [2.24, 2.45) is 0 Å². The van der Waals surface area contributed by atoms with Gasteiger partial charge in [0.15, 0.2) is 0 Å². The molecule has 1 aromatic carbocycles. The zero-order valence-corrected chi connectivity index (χ0v) is 14.5. The number of amides is 1. The molecule has 24 heavy (non-hydrogen) atoms. The van der Waals surface area contributed by atoms with Gasteiger partial charge in [0.1, 0.15) is 11.7 Å². The van der Waals surface area contributed by atoms with Crippen LogP contribution in [0.5, 0.6) is 0 Å². The number of carbonyl (C=O) groups excluding carboxylic acids is 1. The number of hydrogen-bond acceptors (Lipinski definition) is 3. The Morgan fingerprint density at radius 1 is 1.29 bits per heavy atom. The van der Waals surface area contributed by atoms with E-state index in [0.29, 0.717) is 22.8 Å². The Morgan fingerprint density at radius 3 is 2.58 bits per heavy atom. The molecular weight excluding hydrogens is 330 g/mol. The fourth-order valence-corrected chi connectivity index (χ4v) is 2.43. The van der Waals surface area contributed by atoms with Crippen LogP contribution in [0.1, 0.15) is 33.4 Å². The molecule has 1 amide bonds. The maximum atomic E-state index is 11.9. The van der Waals surface area contributed by atoms with Crippen molar-refractivity contribution in [3.8, 4) is 0 Å². The lowest BCUT2D eigenvalue weighted by molar-refractivity contribution is -0.139. The van der Waals surface area contributed by atoms with E-state index < -0.39 is 12.0 Å². The molecule has 128 valence electrons. The van der Waals surface area contributed by atoms with Crippen molar-refractivity contribution in [2.75, 3.05) is 14.1 Å². The minimum absolute atomic E-state index is 0.135. The van der Waals surface area contributed by atoms with E-state index in [4.69, 9.17) is 11.6 Å². The summed E-state index contributed by atoms with van der Waals surface area (Å²) in [5, 5.41) is 13.0. The molecule has 0 aliphatic heterocycles. The molecule has 1 unspecified atom stereocenters. The summed E-state index contributed by atoms with van der Waals surface area (Å²) in [6.07, 6.45) is 0. The number of aliphatic carboxylic acids is 1. The number of benzene rings is 1. The summed E-state index contributed by atoms with van der Waals surface area (Å²) < 4.78 is 0. The molecule has 0 bridgehead atoms. The molecule has 1 heterocycles. The summed E-state index contributed by atoms with van der Waals surface area (Å²) in [6.45, 7) is 2.12. The predicted molar refractivity (Wildman–Crippen MR) is 92.2 cm³/mol. The molecule has 2 rings (SSSR count). The van der Waals surface area contributed by atoms with Gasteiger partial charge < -0.3 is 15.0 Å². The standard InChI is InChI=1S/C17H20ClN3O3/c1-10-8-11(4-6-13(10)18)15(17(23)24)19-9-12-5-7-14(20-12)16(22)21(2)3/h4-8,15,19-20H,9H2,1-3H3,(H,23,24). The molecule has 1 aromatic heterocycles. The summed E-state index contributed by atoms with van der Waals surface area (Å²) in [7, 11) is 3.34. The third kappa shape index (κ3) is 4.15. The van der Waals surface area contributed by atoms with Gasteiger partial charge in [0, 0.05) is 31.4 Å². The fourth-order valence-electron chi connectivity index (χ4n) is 2.32. The summed E-state index contributed by atoms with van der Waals surface area (Å²) in [5.74, 6) is -1.11. The Hall–Kier alpha value is -2.31. The minimum Gasteiger partial charge on any atom is -0.480 e. The van der Waals surface area contributed by atoms with Gasteiger partial charge in [-0.2, -0.15) is 0 Å². The zero-order valence-electron chi connectivity index (χ0n) is 13.8. The first-order chi connectivity index (χ1) is 11.3. The number of nitrogens with one attached hydrogen (secondary N) is 2. The lowest BCUT2D eigenvalue weighted by atomic mass is 10.0. The molecule has 0 saturated heterocycles. The lowest BCUT2D eigenvalue weighted by Gasteiger charge is -2.15. The molecular formula is C17H20ClN3O3. The summed E-state index contributed by atoms with van der Waals surface area (Å²) in [4.78, 5) is 27.9. The third-order valence-corrected chi connectivity index (χ3v) is 4.07. The van der Waals surface area contributed by atoms with Gasteiger partial charge in [-0.15, -0.1) is 0 Å². The van der Waals surface area contributed by atoms with E-state index in [1.807, 2.05) is 6.92 Å². The minimum atomic E-state index is -0.979. The molecule has 0 aliphatic carbocycles. The van der Waals surface area contributed by atoms with Gasteiger partial charge in [-0.05, 0) is 36.2 Å². The number of carboxylic acids is 1. The van der Waals surface area contributed by atoms with Gasteiger partial charge in [-0.1, -0.05) is 23.7 Å². The highest BCUT2D eigenvalue weighted by Gasteiger charge is 2.20. The Morgan fingerprint density at radius 2 is 2.00 bits per heavy atom. The summed E-state index contributed by atoms with van der Waals surface area (Å²) in [6, 6.07) is 7.71. The van der Waals surface area contributed by atoms with Crippen LogP contribution in [-0.4, -0.2) is 41.0 Å². The van der Waals surface area contributed by atoms with Crippen molar-refractivity contribution >= 4 is 23.5 Å². The SMILES string of the molecule is Cc1cc(C(NCc2ccc(C(=O)N(C)C)[nH]2)C(=O)O)ccc1Cl. The van der Waals surface area contributed by atoms with Crippen molar-refractivity contribution in [3.63, 3.8) is 0 Å². The van der Waals surface area contributed by atoms with Crippen molar-refractivity contribution in [1.29, 1.82) is 0 Å². The Kier molecular flexibility index (Phi) is 5.64. The number of aromatic amines is 1. The van der Waals surface area contributed by atoms with Gasteiger partial charge in [0.05, 0.1) is 0 Å². The highest BCUT2D eigenvalue weighted by atomic mass is 35.5. The van der Waals surface area contributed by atoms with E-state index >= 15 is 0 Å². The third-order valence-electron chi connectivity index (χ3n) is 3.64. The molecule has 0 radical (unpaired) electrons. The van der Waals surface area contributed by atoms with Crippen molar-refractivity contribution in [2.45, 2.75) is 19.5 Å². The van der Waals surface area contributed by atoms with E-state index in [2.05, 4.69) is 10.3 Å². The van der Waals surface area contributed by atoms with E-state index in [-0.39, 0.29) is 5.91 Å². The van der Waals surface area contributed by atoms with Crippen LogP contribution in [0.4, 0.5) is 0 Å². The second-order valence-electron chi connectivity index (χ2n) is 5.76. The van der Waals surface area contributed by atoms with E-state index in [9.17, 15) is 14.7 Å². The molecule has 0 aliphatic rings. The van der Waals surface area contributed by atoms with E-state index in [0.717, 1.165) is 11.3 Å². The van der Waals surface area contributed by atoms with Gasteiger partial charge in [0.25, 0.3) is 5.91 Å². The zero-order chi connectivity index (χ0) is 17.9. The maximum absolute atomic E-state index is 11.9.